The molecule has 1 amide bonds. The van der Waals surface area contributed by atoms with Crippen molar-refractivity contribution in [1.29, 1.82) is 0 Å². The Morgan fingerprint density at radius 1 is 1.36 bits per heavy atom. The van der Waals surface area contributed by atoms with E-state index in [2.05, 4.69) is 0 Å². The van der Waals surface area contributed by atoms with Crippen LogP contribution in [0.15, 0.2) is 12.1 Å². The number of ether oxygens (including phenoxy) is 1. The third kappa shape index (κ3) is 3.55. The lowest BCUT2D eigenvalue weighted by Gasteiger charge is -2.31. The van der Waals surface area contributed by atoms with Gasteiger partial charge in [-0.1, -0.05) is 11.6 Å². The van der Waals surface area contributed by atoms with Crippen molar-refractivity contribution in [3.05, 3.63) is 34.4 Å². The van der Waals surface area contributed by atoms with Crippen molar-refractivity contribution in [2.45, 2.75) is 19.8 Å². The van der Waals surface area contributed by atoms with Gasteiger partial charge in [0.05, 0.1) is 23.1 Å². The van der Waals surface area contributed by atoms with Crippen LogP contribution < -0.4 is 0 Å². The fraction of sp³-hybridized carbons (Fsp3) is 0.467. The van der Waals surface area contributed by atoms with Gasteiger partial charge in [-0.25, -0.2) is 8.78 Å². The first-order chi connectivity index (χ1) is 10.4. The predicted octanol–water partition coefficient (Wildman–Crippen LogP) is 3.03. The van der Waals surface area contributed by atoms with Crippen LogP contribution in [0.3, 0.4) is 0 Å². The second kappa shape index (κ2) is 7.05. The van der Waals surface area contributed by atoms with E-state index < -0.39 is 23.5 Å². The highest BCUT2D eigenvalue weighted by atomic mass is 35.5. The van der Waals surface area contributed by atoms with Gasteiger partial charge in [0, 0.05) is 13.1 Å². The fourth-order valence-corrected chi connectivity index (χ4v) is 2.62. The Balaban J connectivity index is 2.15. The van der Waals surface area contributed by atoms with Crippen molar-refractivity contribution in [3.63, 3.8) is 0 Å². The number of amides is 1. The second-order valence-corrected chi connectivity index (χ2v) is 5.50. The molecule has 0 radical (unpaired) electrons. The summed E-state index contributed by atoms with van der Waals surface area (Å²) >= 11 is 5.47. The molecule has 22 heavy (non-hydrogen) atoms. The van der Waals surface area contributed by atoms with E-state index in [-0.39, 0.29) is 29.7 Å². The van der Waals surface area contributed by atoms with Crippen LogP contribution in [0.25, 0.3) is 0 Å². The van der Waals surface area contributed by atoms with E-state index in [1.807, 2.05) is 0 Å². The molecular formula is C15H16ClF2NO3. The zero-order valence-corrected chi connectivity index (χ0v) is 12.8. The molecule has 0 unspecified atom stereocenters. The monoisotopic (exact) mass is 331 g/mol. The molecule has 1 aromatic carbocycles. The molecule has 120 valence electrons. The maximum absolute atomic E-state index is 13.8. The molecule has 1 aliphatic rings. The highest BCUT2D eigenvalue weighted by molar-refractivity contribution is 6.30. The lowest BCUT2D eigenvalue weighted by molar-refractivity contribution is -0.149. The van der Waals surface area contributed by atoms with Crippen molar-refractivity contribution in [2.24, 2.45) is 5.92 Å². The number of esters is 1. The maximum atomic E-state index is 13.8. The zero-order chi connectivity index (χ0) is 16.3. The van der Waals surface area contributed by atoms with Gasteiger partial charge >= 0.3 is 5.97 Å². The summed E-state index contributed by atoms with van der Waals surface area (Å²) in [5.41, 5.74) is -0.383. The van der Waals surface area contributed by atoms with Crippen LogP contribution in [0.4, 0.5) is 8.78 Å². The van der Waals surface area contributed by atoms with Gasteiger partial charge in [0.25, 0.3) is 5.91 Å². The standard InChI is InChI=1S/C15H16ClF2NO3/c1-2-22-15(21)9-4-3-5-19(8-9)14(20)10-6-13(18)11(16)7-12(10)17/h6-7,9H,2-5,8H2,1H3/t9-/m0/s1. The highest BCUT2D eigenvalue weighted by Gasteiger charge is 2.31. The summed E-state index contributed by atoms with van der Waals surface area (Å²) in [4.78, 5) is 25.4. The van der Waals surface area contributed by atoms with E-state index >= 15 is 0 Å². The van der Waals surface area contributed by atoms with Gasteiger partial charge < -0.3 is 9.64 Å². The molecule has 0 bridgehead atoms. The number of nitrogens with zero attached hydrogens (tertiary/aromatic N) is 1. The van der Waals surface area contributed by atoms with E-state index in [9.17, 15) is 18.4 Å². The Morgan fingerprint density at radius 2 is 2.09 bits per heavy atom. The maximum Gasteiger partial charge on any atom is 0.310 e. The number of halogens is 3. The number of rotatable bonds is 3. The van der Waals surface area contributed by atoms with Crippen molar-refractivity contribution >= 4 is 23.5 Å². The van der Waals surface area contributed by atoms with Gasteiger partial charge in [0.15, 0.2) is 0 Å². The van der Waals surface area contributed by atoms with Gasteiger partial charge in [0.2, 0.25) is 0 Å². The summed E-state index contributed by atoms with van der Waals surface area (Å²) < 4.78 is 32.2. The molecule has 0 saturated carbocycles. The number of carbonyl (C=O) groups is 2. The number of benzene rings is 1. The average molecular weight is 332 g/mol. The van der Waals surface area contributed by atoms with E-state index in [1.54, 1.807) is 6.92 Å². The molecule has 0 aromatic heterocycles. The number of piperidine rings is 1. The van der Waals surface area contributed by atoms with Gasteiger partial charge in [-0.15, -0.1) is 0 Å². The predicted molar refractivity (Wildman–Crippen MR) is 76.6 cm³/mol. The Morgan fingerprint density at radius 3 is 2.77 bits per heavy atom. The second-order valence-electron chi connectivity index (χ2n) is 5.09. The van der Waals surface area contributed by atoms with Crippen molar-refractivity contribution < 1.29 is 23.1 Å². The van der Waals surface area contributed by atoms with E-state index in [0.717, 1.165) is 12.1 Å². The van der Waals surface area contributed by atoms with Crippen molar-refractivity contribution in [3.8, 4) is 0 Å². The molecule has 0 N–H and O–H groups in total. The van der Waals surface area contributed by atoms with Crippen LogP contribution in [-0.2, 0) is 9.53 Å². The SMILES string of the molecule is CCOC(=O)[C@H]1CCCN(C(=O)c2cc(F)c(Cl)cc2F)C1. The van der Waals surface area contributed by atoms with Gasteiger partial charge in [-0.3, -0.25) is 9.59 Å². The molecule has 1 aliphatic heterocycles. The van der Waals surface area contributed by atoms with Crippen molar-refractivity contribution in [1.82, 2.24) is 4.90 Å². The van der Waals surface area contributed by atoms with Crippen LogP contribution in [0, 0.1) is 17.6 Å². The average Bonchev–Trinajstić information content (AvgIpc) is 2.50. The molecule has 7 heteroatoms. The molecule has 0 aliphatic carbocycles. The molecule has 1 saturated heterocycles. The molecule has 4 nitrogen and oxygen atoms in total. The minimum absolute atomic E-state index is 0.140. The lowest BCUT2D eigenvalue weighted by Crippen LogP contribution is -2.43. The first-order valence-corrected chi connectivity index (χ1v) is 7.42. The summed E-state index contributed by atoms with van der Waals surface area (Å²) in [6.45, 7) is 2.50. The van der Waals surface area contributed by atoms with E-state index in [4.69, 9.17) is 16.3 Å². The molecule has 1 fully saturated rings. The molecule has 2 rings (SSSR count). The summed E-state index contributed by atoms with van der Waals surface area (Å²) in [5.74, 6) is -3.19. The third-order valence-electron chi connectivity index (χ3n) is 3.57. The summed E-state index contributed by atoms with van der Waals surface area (Å²) in [7, 11) is 0. The van der Waals surface area contributed by atoms with E-state index in [0.29, 0.717) is 19.4 Å². The molecule has 1 atom stereocenters. The Bertz CT molecular complexity index is 594. The van der Waals surface area contributed by atoms with Crippen LogP contribution in [0.1, 0.15) is 30.1 Å². The Hall–Kier alpha value is -1.69. The number of hydrogen-bond donors (Lipinski definition) is 0. The zero-order valence-electron chi connectivity index (χ0n) is 12.1. The van der Waals surface area contributed by atoms with Crippen LogP contribution in [0.2, 0.25) is 5.02 Å². The lowest BCUT2D eigenvalue weighted by atomic mass is 9.97. The number of carbonyl (C=O) groups excluding carboxylic acids is 2. The van der Waals surface area contributed by atoms with Gasteiger partial charge in [-0.05, 0) is 31.9 Å². The third-order valence-corrected chi connectivity index (χ3v) is 3.86. The quantitative estimate of drug-likeness (QED) is 0.632. The van der Waals surface area contributed by atoms with Crippen LogP contribution in [-0.4, -0.2) is 36.5 Å². The van der Waals surface area contributed by atoms with E-state index in [1.165, 1.54) is 4.90 Å². The highest BCUT2D eigenvalue weighted by Crippen LogP contribution is 2.24. The van der Waals surface area contributed by atoms with Gasteiger partial charge in [0.1, 0.15) is 11.6 Å². The number of hydrogen-bond acceptors (Lipinski definition) is 3. The summed E-state index contributed by atoms with van der Waals surface area (Å²) in [6.07, 6.45) is 1.22. The first kappa shape index (κ1) is 16.7. The summed E-state index contributed by atoms with van der Waals surface area (Å²) in [5, 5.41) is -0.378. The Kier molecular flexibility index (Phi) is 5.34. The topological polar surface area (TPSA) is 46.6 Å². The largest absolute Gasteiger partial charge is 0.466 e. The van der Waals surface area contributed by atoms with Gasteiger partial charge in [-0.2, -0.15) is 0 Å². The molecule has 1 aromatic rings. The summed E-state index contributed by atoms with van der Waals surface area (Å²) in [6, 6.07) is 1.56. The molecule has 1 heterocycles. The molecule has 0 spiro atoms. The van der Waals surface area contributed by atoms with Crippen LogP contribution >= 0.6 is 11.6 Å². The normalized spacial score (nSPS) is 18.2. The van der Waals surface area contributed by atoms with Crippen LogP contribution in [0.5, 0.6) is 0 Å². The Labute approximate surface area is 132 Å². The minimum atomic E-state index is -0.880. The first-order valence-electron chi connectivity index (χ1n) is 7.04. The van der Waals surface area contributed by atoms with Crippen molar-refractivity contribution in [2.75, 3.05) is 19.7 Å². The fourth-order valence-electron chi connectivity index (χ4n) is 2.47. The molecular weight excluding hydrogens is 316 g/mol. The minimum Gasteiger partial charge on any atom is -0.466 e. The smallest absolute Gasteiger partial charge is 0.310 e. The number of likely N-dealkylation sites (tertiary alicyclic amines) is 1.